The van der Waals surface area contributed by atoms with Crippen LogP contribution in [-0.4, -0.2) is 47.9 Å². The Hall–Kier alpha value is -1.90. The van der Waals surface area contributed by atoms with Crippen molar-refractivity contribution in [1.29, 1.82) is 0 Å². The molecule has 100 valence electrons. The van der Waals surface area contributed by atoms with Gasteiger partial charge in [-0.3, -0.25) is 9.63 Å². The van der Waals surface area contributed by atoms with E-state index in [2.05, 4.69) is 19.5 Å². The fourth-order valence-electron chi connectivity index (χ4n) is 0.901. The van der Waals surface area contributed by atoms with Crippen LogP contribution in [0, 0.1) is 0 Å². The topological polar surface area (TPSA) is 64.5 Å². The minimum atomic E-state index is -4.45. The summed E-state index contributed by atoms with van der Waals surface area (Å²) in [7, 11) is 2.64. The van der Waals surface area contributed by atoms with E-state index in [4.69, 9.17) is 0 Å². The second-order valence-electron chi connectivity index (χ2n) is 3.13. The van der Waals surface area contributed by atoms with E-state index in [9.17, 15) is 18.0 Å². The fraction of sp³-hybridized carbons (Fsp3) is 0.444. The van der Waals surface area contributed by atoms with Gasteiger partial charge in [-0.25, -0.2) is 15.0 Å². The molecule has 0 aliphatic carbocycles. The summed E-state index contributed by atoms with van der Waals surface area (Å²) in [5.74, 6) is -0.892. The highest BCUT2D eigenvalue weighted by atomic mass is 19.4. The number of carbonyl (C=O) groups is 1. The molecule has 0 fully saturated rings. The lowest BCUT2D eigenvalue weighted by atomic mass is 10.4. The molecule has 0 spiro atoms. The predicted octanol–water partition coefficient (Wildman–Crippen LogP) is 1.05. The number of halogens is 3. The number of rotatable bonds is 4. The Morgan fingerprint density at radius 3 is 2.50 bits per heavy atom. The number of carbonyl (C=O) groups excluding carboxylic acids is 1. The number of nitrogens with zero attached hydrogens (tertiary/aromatic N) is 3. The van der Waals surface area contributed by atoms with E-state index in [1.54, 1.807) is 0 Å². The highest BCUT2D eigenvalue weighted by molar-refractivity contribution is 5.91. The number of aromatic nitrogens is 2. The van der Waals surface area contributed by atoms with Crippen molar-refractivity contribution in [3.8, 4) is 5.88 Å². The van der Waals surface area contributed by atoms with E-state index in [1.807, 2.05) is 0 Å². The fourth-order valence-corrected chi connectivity index (χ4v) is 0.901. The Bertz CT molecular complexity index is 408. The molecule has 18 heavy (non-hydrogen) atoms. The van der Waals surface area contributed by atoms with Crippen LogP contribution in [0.25, 0.3) is 0 Å². The van der Waals surface area contributed by atoms with Crippen LogP contribution < -0.4 is 4.74 Å². The van der Waals surface area contributed by atoms with Gasteiger partial charge in [0.05, 0.1) is 19.5 Å². The van der Waals surface area contributed by atoms with Crippen LogP contribution in [-0.2, 0) is 4.84 Å². The molecule has 6 nitrogen and oxygen atoms in total. The summed E-state index contributed by atoms with van der Waals surface area (Å²) in [6, 6.07) is 0. The molecule has 1 rings (SSSR count). The molecule has 0 bridgehead atoms. The van der Waals surface area contributed by atoms with Crippen LogP contribution in [0.15, 0.2) is 12.4 Å². The summed E-state index contributed by atoms with van der Waals surface area (Å²) in [4.78, 5) is 23.3. The maximum absolute atomic E-state index is 11.8. The first kappa shape index (κ1) is 14.2. The average molecular weight is 265 g/mol. The first-order valence-electron chi connectivity index (χ1n) is 4.67. The average Bonchev–Trinajstić information content (AvgIpc) is 2.34. The van der Waals surface area contributed by atoms with E-state index >= 15 is 0 Å². The lowest BCUT2D eigenvalue weighted by Crippen LogP contribution is -2.26. The Kier molecular flexibility index (Phi) is 4.43. The van der Waals surface area contributed by atoms with E-state index in [1.165, 1.54) is 14.2 Å². The van der Waals surface area contributed by atoms with Gasteiger partial charge in [-0.05, 0) is 0 Å². The van der Waals surface area contributed by atoms with Gasteiger partial charge < -0.3 is 4.74 Å². The summed E-state index contributed by atoms with van der Waals surface area (Å²) in [6.07, 6.45) is -2.52. The van der Waals surface area contributed by atoms with Crippen molar-refractivity contribution >= 4 is 5.91 Å². The zero-order valence-electron chi connectivity index (χ0n) is 9.56. The van der Waals surface area contributed by atoms with Crippen LogP contribution in [0.4, 0.5) is 13.2 Å². The van der Waals surface area contributed by atoms with Crippen molar-refractivity contribution in [2.24, 2.45) is 0 Å². The van der Waals surface area contributed by atoms with Crippen molar-refractivity contribution in [3.05, 3.63) is 18.1 Å². The SMILES string of the molecule is CON(C)C(=O)c1cnc(OCC(F)(F)F)cn1. The molecular formula is C9H10F3N3O3. The molecular weight excluding hydrogens is 255 g/mol. The highest BCUT2D eigenvalue weighted by Crippen LogP contribution is 2.16. The maximum Gasteiger partial charge on any atom is 0.422 e. The van der Waals surface area contributed by atoms with Crippen LogP contribution in [0.2, 0.25) is 0 Å². The largest absolute Gasteiger partial charge is 0.467 e. The summed E-state index contributed by atoms with van der Waals surface area (Å²) >= 11 is 0. The normalized spacial score (nSPS) is 11.2. The Morgan fingerprint density at radius 2 is 2.06 bits per heavy atom. The van der Waals surface area contributed by atoms with Crippen LogP contribution in [0.5, 0.6) is 5.88 Å². The summed E-state index contributed by atoms with van der Waals surface area (Å²) in [5, 5.41) is 0.903. The van der Waals surface area contributed by atoms with Crippen LogP contribution >= 0.6 is 0 Å². The number of ether oxygens (including phenoxy) is 1. The molecule has 0 aliphatic heterocycles. The molecule has 9 heteroatoms. The van der Waals surface area contributed by atoms with Gasteiger partial charge in [0.1, 0.15) is 5.69 Å². The Labute approximate surface area is 100 Å². The first-order valence-corrected chi connectivity index (χ1v) is 4.67. The highest BCUT2D eigenvalue weighted by Gasteiger charge is 2.28. The molecule has 0 saturated carbocycles. The van der Waals surface area contributed by atoms with Crippen molar-refractivity contribution in [1.82, 2.24) is 15.0 Å². The molecule has 1 amide bonds. The number of hydrogen-bond donors (Lipinski definition) is 0. The second-order valence-corrected chi connectivity index (χ2v) is 3.13. The van der Waals surface area contributed by atoms with Crippen LogP contribution in [0.3, 0.4) is 0 Å². The second kappa shape index (κ2) is 5.63. The van der Waals surface area contributed by atoms with Crippen molar-refractivity contribution in [2.45, 2.75) is 6.18 Å². The van der Waals surface area contributed by atoms with Crippen LogP contribution in [0.1, 0.15) is 10.5 Å². The predicted molar refractivity (Wildman–Crippen MR) is 52.7 cm³/mol. The maximum atomic E-state index is 11.8. The quantitative estimate of drug-likeness (QED) is 0.761. The van der Waals surface area contributed by atoms with E-state index in [0.29, 0.717) is 0 Å². The van der Waals surface area contributed by atoms with Crippen molar-refractivity contribution in [2.75, 3.05) is 20.8 Å². The minimum Gasteiger partial charge on any atom is -0.467 e. The molecule has 0 N–H and O–H groups in total. The third-order valence-corrected chi connectivity index (χ3v) is 1.79. The molecule has 0 radical (unpaired) electrons. The monoisotopic (exact) mass is 265 g/mol. The minimum absolute atomic E-state index is 0.0706. The Morgan fingerprint density at radius 1 is 1.39 bits per heavy atom. The van der Waals surface area contributed by atoms with Crippen molar-refractivity contribution < 1.29 is 27.5 Å². The van der Waals surface area contributed by atoms with Gasteiger partial charge in [0.25, 0.3) is 5.91 Å². The Balaban J connectivity index is 2.66. The van der Waals surface area contributed by atoms with Gasteiger partial charge in [-0.1, -0.05) is 0 Å². The third kappa shape index (κ3) is 4.17. The number of alkyl halides is 3. The molecule has 1 aromatic rings. The summed E-state index contributed by atoms with van der Waals surface area (Å²) in [5.41, 5.74) is -0.0706. The van der Waals surface area contributed by atoms with E-state index in [0.717, 1.165) is 17.5 Å². The van der Waals surface area contributed by atoms with Gasteiger partial charge in [-0.15, -0.1) is 0 Å². The smallest absolute Gasteiger partial charge is 0.422 e. The number of hydrogen-bond acceptors (Lipinski definition) is 5. The molecule has 1 heterocycles. The zero-order valence-corrected chi connectivity index (χ0v) is 9.56. The molecule has 1 aromatic heterocycles. The molecule has 0 unspecified atom stereocenters. The lowest BCUT2D eigenvalue weighted by molar-refractivity contribution is -0.154. The van der Waals surface area contributed by atoms with Gasteiger partial charge in [0.15, 0.2) is 6.61 Å². The number of hydroxylamine groups is 2. The first-order chi connectivity index (χ1) is 8.33. The summed E-state index contributed by atoms with van der Waals surface area (Å²) < 4.78 is 39.9. The molecule has 0 saturated heterocycles. The standard InChI is InChI=1S/C9H10F3N3O3/c1-15(17-2)8(16)6-3-14-7(4-13-6)18-5-9(10,11)12/h3-4H,5H2,1-2H3. The van der Waals surface area contributed by atoms with Gasteiger partial charge in [-0.2, -0.15) is 13.2 Å². The lowest BCUT2D eigenvalue weighted by Gasteiger charge is -2.12. The summed E-state index contributed by atoms with van der Waals surface area (Å²) in [6.45, 7) is -1.47. The zero-order chi connectivity index (χ0) is 13.8. The van der Waals surface area contributed by atoms with E-state index in [-0.39, 0.29) is 11.6 Å². The molecule has 0 aromatic carbocycles. The molecule has 0 atom stereocenters. The van der Waals surface area contributed by atoms with E-state index < -0.39 is 18.7 Å². The van der Waals surface area contributed by atoms with Gasteiger partial charge in [0, 0.05) is 7.05 Å². The number of amides is 1. The molecule has 0 aliphatic rings. The van der Waals surface area contributed by atoms with Gasteiger partial charge in [0.2, 0.25) is 5.88 Å². The third-order valence-electron chi connectivity index (χ3n) is 1.79. The van der Waals surface area contributed by atoms with Gasteiger partial charge >= 0.3 is 6.18 Å². The van der Waals surface area contributed by atoms with Crippen molar-refractivity contribution in [3.63, 3.8) is 0 Å².